The van der Waals surface area contributed by atoms with Gasteiger partial charge in [-0.25, -0.2) is 4.79 Å². The van der Waals surface area contributed by atoms with E-state index in [1.807, 2.05) is 30.3 Å². The molecule has 9 heteroatoms. The van der Waals surface area contributed by atoms with E-state index in [0.29, 0.717) is 28.0 Å². The first kappa shape index (κ1) is 27.6. The lowest BCUT2D eigenvalue weighted by Crippen LogP contribution is -2.31. The van der Waals surface area contributed by atoms with Crippen molar-refractivity contribution >= 4 is 12.1 Å². The van der Waals surface area contributed by atoms with Gasteiger partial charge in [-0.1, -0.05) is 48.5 Å². The Hall–Kier alpha value is -4.01. The second-order valence-electron chi connectivity index (χ2n) is 8.16. The number of esters is 1. The molecule has 0 aliphatic rings. The quantitative estimate of drug-likeness (QED) is 0.315. The third-order valence-electron chi connectivity index (χ3n) is 5.85. The molecular formula is C28H28F3NO5. The van der Waals surface area contributed by atoms with Crippen LogP contribution >= 0.6 is 0 Å². The molecule has 3 aromatic rings. The average molecular weight is 516 g/mol. The maximum absolute atomic E-state index is 13.2. The maximum Gasteiger partial charge on any atom is 0.416 e. The van der Waals surface area contributed by atoms with Crippen LogP contribution in [-0.2, 0) is 40.0 Å². The van der Waals surface area contributed by atoms with Crippen molar-refractivity contribution in [1.82, 2.24) is 4.90 Å². The Balaban J connectivity index is 2.02. The second kappa shape index (κ2) is 12.3. The van der Waals surface area contributed by atoms with Crippen LogP contribution in [0.1, 0.15) is 29.2 Å². The largest absolute Gasteiger partial charge is 0.496 e. The first-order chi connectivity index (χ1) is 17.7. The number of halogens is 3. The van der Waals surface area contributed by atoms with E-state index >= 15 is 0 Å². The molecule has 0 aliphatic heterocycles. The summed E-state index contributed by atoms with van der Waals surface area (Å²) in [5.41, 5.74) is 2.05. The van der Waals surface area contributed by atoms with Crippen molar-refractivity contribution in [3.63, 3.8) is 0 Å². The fraction of sp³-hybridized carbons (Fsp3) is 0.286. The van der Waals surface area contributed by atoms with Gasteiger partial charge in [-0.3, -0.25) is 4.79 Å². The van der Waals surface area contributed by atoms with Crippen LogP contribution in [0.4, 0.5) is 18.0 Å². The highest BCUT2D eigenvalue weighted by Gasteiger charge is 2.30. The molecule has 0 bridgehead atoms. The van der Waals surface area contributed by atoms with E-state index < -0.39 is 23.8 Å². The Morgan fingerprint density at radius 1 is 0.919 bits per heavy atom. The van der Waals surface area contributed by atoms with Crippen molar-refractivity contribution in [3.05, 3.63) is 89.0 Å². The summed E-state index contributed by atoms with van der Waals surface area (Å²) in [5, 5.41) is 0. The van der Waals surface area contributed by atoms with Gasteiger partial charge in [-0.05, 0) is 47.4 Å². The van der Waals surface area contributed by atoms with E-state index in [4.69, 9.17) is 14.2 Å². The second-order valence-corrected chi connectivity index (χ2v) is 8.16. The van der Waals surface area contributed by atoms with Crippen LogP contribution in [0.3, 0.4) is 0 Å². The van der Waals surface area contributed by atoms with Gasteiger partial charge in [0.15, 0.2) is 0 Å². The van der Waals surface area contributed by atoms with Crippen molar-refractivity contribution in [2.75, 3.05) is 20.8 Å². The van der Waals surface area contributed by atoms with E-state index in [-0.39, 0.29) is 26.1 Å². The van der Waals surface area contributed by atoms with E-state index in [1.54, 1.807) is 19.1 Å². The molecule has 0 saturated carbocycles. The molecule has 37 heavy (non-hydrogen) atoms. The topological polar surface area (TPSA) is 65.1 Å². The fourth-order valence-corrected chi connectivity index (χ4v) is 3.86. The third-order valence-corrected chi connectivity index (χ3v) is 5.85. The van der Waals surface area contributed by atoms with E-state index in [2.05, 4.69) is 0 Å². The Morgan fingerprint density at radius 3 is 2.16 bits per heavy atom. The molecule has 3 rings (SSSR count). The molecule has 0 heterocycles. The molecule has 0 saturated heterocycles. The maximum atomic E-state index is 13.2. The monoisotopic (exact) mass is 515 g/mol. The lowest BCUT2D eigenvalue weighted by molar-refractivity contribution is -0.140. The number of ether oxygens (including phenoxy) is 3. The number of alkyl halides is 3. The summed E-state index contributed by atoms with van der Waals surface area (Å²) in [6, 6.07) is 17.2. The first-order valence-electron chi connectivity index (χ1n) is 11.6. The van der Waals surface area contributed by atoms with Crippen molar-refractivity contribution in [2.24, 2.45) is 0 Å². The summed E-state index contributed by atoms with van der Waals surface area (Å²) < 4.78 is 55.3. The molecule has 3 aromatic carbocycles. The normalized spacial score (nSPS) is 11.1. The predicted octanol–water partition coefficient (Wildman–Crippen LogP) is 6.26. The van der Waals surface area contributed by atoms with Crippen LogP contribution < -0.4 is 4.74 Å². The Morgan fingerprint density at radius 2 is 1.59 bits per heavy atom. The molecule has 0 aromatic heterocycles. The van der Waals surface area contributed by atoms with Crippen molar-refractivity contribution in [1.29, 1.82) is 0 Å². The van der Waals surface area contributed by atoms with E-state index in [1.165, 1.54) is 31.3 Å². The molecule has 196 valence electrons. The Labute approximate surface area is 213 Å². The van der Waals surface area contributed by atoms with Gasteiger partial charge in [0.05, 0.1) is 32.7 Å². The molecule has 0 unspecified atom stereocenters. The van der Waals surface area contributed by atoms with Gasteiger partial charge in [0.25, 0.3) is 0 Å². The van der Waals surface area contributed by atoms with Crippen LogP contribution in [0.15, 0.2) is 66.7 Å². The number of hydrogen-bond acceptors (Lipinski definition) is 5. The summed E-state index contributed by atoms with van der Waals surface area (Å²) in [4.78, 5) is 26.6. The SMILES string of the molecule is CCN(Cc1c(CC(=O)OC)ccc(OC)c1-c1ccc(C(F)(F)F)cc1)C(=O)OCc1ccccc1. The summed E-state index contributed by atoms with van der Waals surface area (Å²) in [6.45, 7) is 2.18. The number of methoxy groups -OCH3 is 2. The van der Waals surface area contributed by atoms with Gasteiger partial charge in [-0.15, -0.1) is 0 Å². The van der Waals surface area contributed by atoms with Gasteiger partial charge in [-0.2, -0.15) is 13.2 Å². The molecule has 6 nitrogen and oxygen atoms in total. The average Bonchev–Trinajstić information content (AvgIpc) is 2.90. The van der Waals surface area contributed by atoms with Gasteiger partial charge in [0.2, 0.25) is 0 Å². The molecule has 0 atom stereocenters. The highest BCUT2D eigenvalue weighted by molar-refractivity contribution is 5.80. The highest BCUT2D eigenvalue weighted by Crippen LogP contribution is 2.38. The van der Waals surface area contributed by atoms with Crippen LogP contribution in [0.2, 0.25) is 0 Å². The van der Waals surface area contributed by atoms with Gasteiger partial charge in [0.1, 0.15) is 12.4 Å². The van der Waals surface area contributed by atoms with Crippen LogP contribution in [0, 0.1) is 0 Å². The summed E-state index contributed by atoms with van der Waals surface area (Å²) in [6.07, 6.45) is -5.16. The fourth-order valence-electron chi connectivity index (χ4n) is 3.86. The number of benzene rings is 3. The summed E-state index contributed by atoms with van der Waals surface area (Å²) in [7, 11) is 2.71. The zero-order chi connectivity index (χ0) is 27.0. The lowest BCUT2D eigenvalue weighted by atomic mass is 9.92. The third kappa shape index (κ3) is 7.03. The lowest BCUT2D eigenvalue weighted by Gasteiger charge is -2.25. The summed E-state index contributed by atoms with van der Waals surface area (Å²) >= 11 is 0. The highest BCUT2D eigenvalue weighted by atomic mass is 19.4. The first-order valence-corrected chi connectivity index (χ1v) is 11.6. The van der Waals surface area contributed by atoms with E-state index in [9.17, 15) is 22.8 Å². The van der Waals surface area contributed by atoms with Gasteiger partial charge >= 0.3 is 18.2 Å². The molecule has 0 N–H and O–H groups in total. The number of rotatable bonds is 9. The van der Waals surface area contributed by atoms with Crippen LogP contribution in [-0.4, -0.2) is 37.7 Å². The standard InChI is InChI=1S/C28H28F3NO5/c1-4-32(27(34)37-18-19-8-6-5-7-9-19)17-23-21(16-25(33)36-3)12-15-24(35-2)26(23)20-10-13-22(14-11-20)28(29,30)31/h5-15H,4,16-18H2,1-3H3. The zero-order valence-electron chi connectivity index (χ0n) is 20.8. The van der Waals surface area contributed by atoms with Crippen LogP contribution in [0.5, 0.6) is 5.75 Å². The minimum absolute atomic E-state index is 0.0318. The van der Waals surface area contributed by atoms with Crippen molar-refractivity contribution in [3.8, 4) is 16.9 Å². The van der Waals surface area contributed by atoms with Gasteiger partial charge < -0.3 is 19.1 Å². The molecule has 0 aliphatic carbocycles. The Kier molecular flexibility index (Phi) is 9.16. The van der Waals surface area contributed by atoms with E-state index in [0.717, 1.165) is 17.7 Å². The number of carbonyl (C=O) groups excluding carboxylic acids is 2. The zero-order valence-corrected chi connectivity index (χ0v) is 20.8. The van der Waals surface area contributed by atoms with Crippen LogP contribution in [0.25, 0.3) is 11.1 Å². The number of carbonyl (C=O) groups is 2. The number of nitrogens with zero attached hydrogens (tertiary/aromatic N) is 1. The minimum Gasteiger partial charge on any atom is -0.496 e. The molecular weight excluding hydrogens is 487 g/mol. The van der Waals surface area contributed by atoms with Gasteiger partial charge in [0, 0.05) is 12.1 Å². The molecule has 0 radical (unpaired) electrons. The minimum atomic E-state index is -4.49. The smallest absolute Gasteiger partial charge is 0.416 e. The predicted molar refractivity (Wildman–Crippen MR) is 132 cm³/mol. The molecule has 0 fully saturated rings. The number of amides is 1. The Bertz CT molecular complexity index is 1210. The molecule has 1 amide bonds. The number of hydrogen-bond donors (Lipinski definition) is 0. The van der Waals surface area contributed by atoms with Crippen molar-refractivity contribution < 1.29 is 37.0 Å². The molecule has 0 spiro atoms. The summed E-state index contributed by atoms with van der Waals surface area (Å²) in [5.74, 6) is -0.114. The van der Waals surface area contributed by atoms with Crippen molar-refractivity contribution in [2.45, 2.75) is 32.7 Å².